The van der Waals surface area contributed by atoms with Crippen LogP contribution in [0.5, 0.6) is 5.75 Å². The zero-order valence-corrected chi connectivity index (χ0v) is 10.6. The van der Waals surface area contributed by atoms with Crippen molar-refractivity contribution in [1.29, 1.82) is 0 Å². The summed E-state index contributed by atoms with van der Waals surface area (Å²) in [6, 6.07) is 19.5. The molecule has 1 heterocycles. The van der Waals surface area contributed by atoms with Gasteiger partial charge >= 0.3 is 0 Å². The fraction of sp³-hybridized carbons (Fsp3) is 0.0625. The smallest absolute Gasteiger partial charge is 0.165 e. The molecule has 19 heavy (non-hydrogen) atoms. The van der Waals surface area contributed by atoms with Crippen LogP contribution < -0.4 is 0 Å². The van der Waals surface area contributed by atoms with Gasteiger partial charge < -0.3 is 5.11 Å². The van der Waals surface area contributed by atoms with E-state index in [9.17, 15) is 5.11 Å². The summed E-state index contributed by atoms with van der Waals surface area (Å²) in [5, 5.41) is 14.8. The third kappa shape index (κ3) is 1.99. The van der Waals surface area contributed by atoms with Crippen molar-refractivity contribution in [1.82, 2.24) is 9.78 Å². The van der Waals surface area contributed by atoms with Crippen LogP contribution >= 0.6 is 0 Å². The molecule has 0 fully saturated rings. The lowest BCUT2D eigenvalue weighted by Crippen LogP contribution is -1.98. The molecular formula is C16H14N2O. The van der Waals surface area contributed by atoms with Gasteiger partial charge in [0.05, 0.1) is 11.4 Å². The van der Waals surface area contributed by atoms with Crippen LogP contribution in [-0.2, 0) is 0 Å². The highest BCUT2D eigenvalue weighted by atomic mass is 16.3. The van der Waals surface area contributed by atoms with Crippen LogP contribution in [-0.4, -0.2) is 14.9 Å². The maximum Gasteiger partial charge on any atom is 0.165 e. The van der Waals surface area contributed by atoms with Crippen LogP contribution in [0, 0.1) is 6.92 Å². The maximum absolute atomic E-state index is 10.2. The Bertz CT molecular complexity index is 628. The molecule has 0 saturated carbocycles. The van der Waals surface area contributed by atoms with Crippen molar-refractivity contribution in [3.8, 4) is 22.7 Å². The number of aromatic nitrogens is 2. The van der Waals surface area contributed by atoms with Gasteiger partial charge in [-0.2, -0.15) is 5.10 Å². The molecule has 1 aromatic heterocycles. The fourth-order valence-electron chi connectivity index (χ4n) is 2.11. The monoisotopic (exact) mass is 250 g/mol. The molecule has 0 aliphatic heterocycles. The first kappa shape index (κ1) is 11.5. The first-order chi connectivity index (χ1) is 9.27. The number of nitrogens with zero attached hydrogens (tertiary/aromatic N) is 2. The van der Waals surface area contributed by atoms with Gasteiger partial charge in [-0.05, 0) is 19.1 Å². The molecule has 0 aliphatic carbocycles. The predicted octanol–water partition coefficient (Wildman–Crippen LogP) is 3.55. The highest BCUT2D eigenvalue weighted by Crippen LogP contribution is 2.32. The third-order valence-electron chi connectivity index (χ3n) is 3.13. The minimum absolute atomic E-state index is 0.232. The zero-order chi connectivity index (χ0) is 13.2. The second kappa shape index (κ2) is 4.61. The molecule has 3 rings (SSSR count). The molecule has 0 saturated heterocycles. The molecule has 0 atom stereocenters. The topological polar surface area (TPSA) is 38.1 Å². The molecule has 0 radical (unpaired) electrons. The van der Waals surface area contributed by atoms with Crippen molar-refractivity contribution in [2.75, 3.05) is 0 Å². The lowest BCUT2D eigenvalue weighted by molar-refractivity contribution is 0.472. The molecule has 3 heteroatoms. The summed E-state index contributed by atoms with van der Waals surface area (Å²) in [6.45, 7) is 1.86. The minimum atomic E-state index is 0.232. The van der Waals surface area contributed by atoms with E-state index in [1.807, 2.05) is 67.6 Å². The lowest BCUT2D eigenvalue weighted by Gasteiger charge is -2.02. The SMILES string of the molecule is Cc1c(O)c(-c2ccccc2)nn1-c1ccccc1. The van der Waals surface area contributed by atoms with Crippen LogP contribution in [0.15, 0.2) is 60.7 Å². The zero-order valence-electron chi connectivity index (χ0n) is 10.6. The van der Waals surface area contributed by atoms with Gasteiger partial charge in [-0.25, -0.2) is 4.68 Å². The number of hydrogen-bond donors (Lipinski definition) is 1. The quantitative estimate of drug-likeness (QED) is 0.755. The highest BCUT2D eigenvalue weighted by molar-refractivity contribution is 5.67. The van der Waals surface area contributed by atoms with Crippen molar-refractivity contribution in [3.05, 3.63) is 66.4 Å². The van der Waals surface area contributed by atoms with Crippen molar-refractivity contribution < 1.29 is 5.11 Å². The van der Waals surface area contributed by atoms with E-state index in [1.165, 1.54) is 0 Å². The molecule has 94 valence electrons. The Morgan fingerprint density at radius 2 is 1.47 bits per heavy atom. The van der Waals surface area contributed by atoms with Gasteiger partial charge in [0.15, 0.2) is 5.75 Å². The second-order valence-electron chi connectivity index (χ2n) is 4.40. The average molecular weight is 250 g/mol. The van der Waals surface area contributed by atoms with Gasteiger partial charge in [0, 0.05) is 5.56 Å². The Hall–Kier alpha value is -2.55. The first-order valence-corrected chi connectivity index (χ1v) is 6.17. The van der Waals surface area contributed by atoms with E-state index in [0.717, 1.165) is 16.9 Å². The first-order valence-electron chi connectivity index (χ1n) is 6.17. The van der Waals surface area contributed by atoms with Gasteiger partial charge in [-0.1, -0.05) is 48.5 Å². The molecule has 2 aromatic carbocycles. The van der Waals surface area contributed by atoms with Crippen molar-refractivity contribution in [2.24, 2.45) is 0 Å². The molecular weight excluding hydrogens is 236 g/mol. The number of rotatable bonds is 2. The molecule has 3 nitrogen and oxygen atoms in total. The van der Waals surface area contributed by atoms with Crippen LogP contribution in [0.2, 0.25) is 0 Å². The normalized spacial score (nSPS) is 10.6. The molecule has 0 amide bonds. The number of para-hydroxylation sites is 1. The Kier molecular flexibility index (Phi) is 2.80. The van der Waals surface area contributed by atoms with E-state index in [0.29, 0.717) is 5.69 Å². The molecule has 0 spiro atoms. The van der Waals surface area contributed by atoms with Gasteiger partial charge in [0.1, 0.15) is 5.69 Å². The van der Waals surface area contributed by atoms with E-state index in [2.05, 4.69) is 5.10 Å². The third-order valence-corrected chi connectivity index (χ3v) is 3.13. The van der Waals surface area contributed by atoms with Gasteiger partial charge in [-0.15, -0.1) is 0 Å². The molecule has 0 aliphatic rings. The fourth-order valence-corrected chi connectivity index (χ4v) is 2.11. The Morgan fingerprint density at radius 3 is 2.11 bits per heavy atom. The Morgan fingerprint density at radius 1 is 0.895 bits per heavy atom. The van der Waals surface area contributed by atoms with Crippen LogP contribution in [0.3, 0.4) is 0 Å². The van der Waals surface area contributed by atoms with E-state index < -0.39 is 0 Å². The minimum Gasteiger partial charge on any atom is -0.504 e. The summed E-state index contributed by atoms with van der Waals surface area (Å²) in [5.74, 6) is 0.232. The van der Waals surface area contributed by atoms with Crippen LogP contribution in [0.1, 0.15) is 5.69 Å². The van der Waals surface area contributed by atoms with Gasteiger partial charge in [0.25, 0.3) is 0 Å². The molecule has 0 bridgehead atoms. The Balaban J connectivity index is 2.16. The van der Waals surface area contributed by atoms with E-state index in [4.69, 9.17) is 0 Å². The summed E-state index contributed by atoms with van der Waals surface area (Å²) in [6.07, 6.45) is 0. The van der Waals surface area contributed by atoms with E-state index in [-0.39, 0.29) is 5.75 Å². The standard InChI is InChI=1S/C16H14N2O/c1-12-16(19)15(13-8-4-2-5-9-13)17-18(12)14-10-6-3-7-11-14/h2-11,19H,1H3. The number of benzene rings is 2. The molecule has 1 N–H and O–H groups in total. The Labute approximate surface area is 111 Å². The van der Waals surface area contributed by atoms with Gasteiger partial charge in [-0.3, -0.25) is 0 Å². The number of hydrogen-bond acceptors (Lipinski definition) is 2. The largest absolute Gasteiger partial charge is 0.504 e. The van der Waals surface area contributed by atoms with E-state index in [1.54, 1.807) is 4.68 Å². The summed E-state index contributed by atoms with van der Waals surface area (Å²) >= 11 is 0. The summed E-state index contributed by atoms with van der Waals surface area (Å²) < 4.78 is 1.76. The molecule has 3 aromatic rings. The predicted molar refractivity (Wildman–Crippen MR) is 75.4 cm³/mol. The summed E-state index contributed by atoms with van der Waals surface area (Å²) in [7, 11) is 0. The summed E-state index contributed by atoms with van der Waals surface area (Å²) in [5.41, 5.74) is 3.21. The molecule has 0 unspecified atom stereocenters. The lowest BCUT2D eigenvalue weighted by atomic mass is 10.1. The van der Waals surface area contributed by atoms with Crippen molar-refractivity contribution in [3.63, 3.8) is 0 Å². The highest BCUT2D eigenvalue weighted by Gasteiger charge is 2.15. The summed E-state index contributed by atoms with van der Waals surface area (Å²) in [4.78, 5) is 0. The number of aromatic hydroxyl groups is 1. The van der Waals surface area contributed by atoms with Crippen molar-refractivity contribution >= 4 is 0 Å². The second-order valence-corrected chi connectivity index (χ2v) is 4.40. The van der Waals surface area contributed by atoms with Crippen LogP contribution in [0.25, 0.3) is 16.9 Å². The van der Waals surface area contributed by atoms with E-state index >= 15 is 0 Å². The maximum atomic E-state index is 10.2. The average Bonchev–Trinajstić information content (AvgIpc) is 2.77. The van der Waals surface area contributed by atoms with Crippen LogP contribution in [0.4, 0.5) is 0 Å². The van der Waals surface area contributed by atoms with Crippen molar-refractivity contribution in [2.45, 2.75) is 6.92 Å². The van der Waals surface area contributed by atoms with Gasteiger partial charge in [0.2, 0.25) is 0 Å².